The first-order valence-electron chi connectivity index (χ1n) is 9.81. The van der Waals surface area contributed by atoms with Crippen LogP contribution in [0, 0.1) is 6.92 Å². The van der Waals surface area contributed by atoms with Gasteiger partial charge >= 0.3 is 0 Å². The Bertz CT molecular complexity index is 979. The van der Waals surface area contributed by atoms with E-state index in [4.69, 9.17) is 16.3 Å². The SMILES string of the molecule is CCn1c(COc2cc(C)ccc2Cl)nnc1SCC(=O)NCCc1ccccc1. The van der Waals surface area contributed by atoms with Crippen molar-refractivity contribution < 1.29 is 9.53 Å². The standard InChI is InChI=1S/C22H25ClN4O2S/c1-3-27-20(14-29-19-13-16(2)9-10-18(19)23)25-26-22(27)30-15-21(28)24-12-11-17-7-5-4-6-8-17/h4-10,13H,3,11-12,14-15H2,1-2H3,(H,24,28). The molecule has 0 radical (unpaired) electrons. The number of aryl methyl sites for hydroxylation is 1. The zero-order chi connectivity index (χ0) is 21.3. The van der Waals surface area contributed by atoms with Gasteiger partial charge in [-0.3, -0.25) is 4.79 Å². The Morgan fingerprint density at radius 3 is 2.77 bits per heavy atom. The fraction of sp³-hybridized carbons (Fsp3) is 0.318. The summed E-state index contributed by atoms with van der Waals surface area (Å²) in [5, 5.41) is 12.7. The van der Waals surface area contributed by atoms with E-state index in [-0.39, 0.29) is 18.3 Å². The van der Waals surface area contributed by atoms with Crippen LogP contribution in [0.2, 0.25) is 5.02 Å². The Kier molecular flexibility index (Phi) is 8.16. The van der Waals surface area contributed by atoms with Gasteiger partial charge in [0.15, 0.2) is 11.0 Å². The molecule has 0 saturated carbocycles. The van der Waals surface area contributed by atoms with Gasteiger partial charge in [-0.25, -0.2) is 0 Å². The average molecular weight is 445 g/mol. The number of benzene rings is 2. The monoisotopic (exact) mass is 444 g/mol. The average Bonchev–Trinajstić information content (AvgIpc) is 3.15. The van der Waals surface area contributed by atoms with Crippen LogP contribution in [0.1, 0.15) is 23.9 Å². The molecule has 2 aromatic carbocycles. The van der Waals surface area contributed by atoms with Crippen LogP contribution in [0.15, 0.2) is 53.7 Å². The van der Waals surface area contributed by atoms with Crippen molar-refractivity contribution in [1.29, 1.82) is 0 Å². The van der Waals surface area contributed by atoms with Crippen LogP contribution in [0.5, 0.6) is 5.75 Å². The summed E-state index contributed by atoms with van der Waals surface area (Å²) in [6, 6.07) is 15.7. The number of ether oxygens (including phenoxy) is 1. The molecule has 30 heavy (non-hydrogen) atoms. The zero-order valence-electron chi connectivity index (χ0n) is 17.1. The lowest BCUT2D eigenvalue weighted by Gasteiger charge is -2.10. The van der Waals surface area contributed by atoms with Crippen LogP contribution in [-0.2, 0) is 24.4 Å². The minimum Gasteiger partial charge on any atom is -0.484 e. The van der Waals surface area contributed by atoms with E-state index in [2.05, 4.69) is 27.6 Å². The maximum absolute atomic E-state index is 12.2. The molecule has 1 amide bonds. The molecule has 0 saturated heterocycles. The number of rotatable bonds is 10. The molecule has 0 atom stereocenters. The van der Waals surface area contributed by atoms with E-state index in [0.717, 1.165) is 12.0 Å². The molecule has 3 rings (SSSR count). The van der Waals surface area contributed by atoms with Crippen LogP contribution in [0.4, 0.5) is 0 Å². The lowest BCUT2D eigenvalue weighted by atomic mass is 10.1. The number of amides is 1. The highest BCUT2D eigenvalue weighted by Crippen LogP contribution is 2.26. The fourth-order valence-electron chi connectivity index (χ4n) is 2.89. The first kappa shape index (κ1) is 22.2. The Labute approximate surface area is 186 Å². The number of nitrogens with zero attached hydrogens (tertiary/aromatic N) is 3. The smallest absolute Gasteiger partial charge is 0.230 e. The molecule has 0 unspecified atom stereocenters. The van der Waals surface area contributed by atoms with Crippen molar-refractivity contribution in [2.45, 2.75) is 38.6 Å². The summed E-state index contributed by atoms with van der Waals surface area (Å²) in [4.78, 5) is 12.2. The Morgan fingerprint density at radius 1 is 1.20 bits per heavy atom. The topological polar surface area (TPSA) is 69.0 Å². The van der Waals surface area contributed by atoms with Crippen molar-refractivity contribution in [2.24, 2.45) is 0 Å². The molecular formula is C22H25ClN4O2S. The van der Waals surface area contributed by atoms with Gasteiger partial charge in [-0.15, -0.1) is 10.2 Å². The quantitative estimate of drug-likeness (QED) is 0.472. The molecule has 3 aromatic rings. The van der Waals surface area contributed by atoms with E-state index in [9.17, 15) is 4.79 Å². The van der Waals surface area contributed by atoms with Crippen LogP contribution in [0.25, 0.3) is 0 Å². The molecule has 0 aliphatic heterocycles. The van der Waals surface area contributed by atoms with Crippen molar-refractivity contribution in [3.8, 4) is 5.75 Å². The minimum atomic E-state index is -0.0223. The summed E-state index contributed by atoms with van der Waals surface area (Å²) in [6.07, 6.45) is 0.811. The van der Waals surface area contributed by atoms with E-state index in [1.54, 1.807) is 0 Å². The lowest BCUT2D eigenvalue weighted by Crippen LogP contribution is -2.27. The number of halogens is 1. The van der Waals surface area contributed by atoms with Crippen molar-refractivity contribution in [2.75, 3.05) is 12.3 Å². The van der Waals surface area contributed by atoms with Crippen LogP contribution < -0.4 is 10.1 Å². The summed E-state index contributed by atoms with van der Waals surface area (Å²) in [7, 11) is 0. The fourth-order valence-corrected chi connectivity index (χ4v) is 3.91. The van der Waals surface area contributed by atoms with Gasteiger partial charge in [0.05, 0.1) is 10.8 Å². The maximum Gasteiger partial charge on any atom is 0.230 e. The number of carbonyl (C=O) groups is 1. The van der Waals surface area contributed by atoms with Crippen molar-refractivity contribution in [3.63, 3.8) is 0 Å². The van der Waals surface area contributed by atoms with E-state index < -0.39 is 0 Å². The predicted molar refractivity (Wildman–Crippen MR) is 120 cm³/mol. The van der Waals surface area contributed by atoms with Crippen LogP contribution in [0.3, 0.4) is 0 Å². The molecule has 0 aliphatic carbocycles. The first-order chi connectivity index (χ1) is 14.6. The van der Waals surface area contributed by atoms with Crippen molar-refractivity contribution in [3.05, 3.63) is 70.5 Å². The zero-order valence-corrected chi connectivity index (χ0v) is 18.7. The molecule has 158 valence electrons. The minimum absolute atomic E-state index is 0.0223. The second kappa shape index (κ2) is 11.0. The predicted octanol–water partition coefficient (Wildman–Crippen LogP) is 4.29. The normalized spacial score (nSPS) is 10.8. The molecule has 8 heteroatoms. The molecule has 0 fully saturated rings. The highest BCUT2D eigenvalue weighted by atomic mass is 35.5. The van der Waals surface area contributed by atoms with Gasteiger partial charge in [-0.2, -0.15) is 0 Å². The van der Waals surface area contributed by atoms with Gasteiger partial charge in [0.1, 0.15) is 12.4 Å². The van der Waals surface area contributed by atoms with Crippen molar-refractivity contribution >= 4 is 29.3 Å². The van der Waals surface area contributed by atoms with Gasteiger partial charge in [0, 0.05) is 13.1 Å². The first-order valence-corrected chi connectivity index (χ1v) is 11.2. The summed E-state index contributed by atoms with van der Waals surface area (Å²) in [6.45, 7) is 5.55. The highest BCUT2D eigenvalue weighted by molar-refractivity contribution is 7.99. The lowest BCUT2D eigenvalue weighted by molar-refractivity contribution is -0.118. The van der Waals surface area contributed by atoms with Gasteiger partial charge in [-0.05, 0) is 43.5 Å². The van der Waals surface area contributed by atoms with Gasteiger partial charge < -0.3 is 14.6 Å². The highest BCUT2D eigenvalue weighted by Gasteiger charge is 2.14. The number of thioether (sulfide) groups is 1. The second-order valence-corrected chi connectivity index (χ2v) is 8.09. The number of aromatic nitrogens is 3. The number of carbonyl (C=O) groups excluding carboxylic acids is 1. The third-order valence-corrected chi connectivity index (χ3v) is 5.74. The summed E-state index contributed by atoms with van der Waals surface area (Å²) < 4.78 is 7.79. The number of hydrogen-bond acceptors (Lipinski definition) is 5. The molecular weight excluding hydrogens is 420 g/mol. The molecule has 6 nitrogen and oxygen atoms in total. The van der Waals surface area contributed by atoms with Crippen molar-refractivity contribution in [1.82, 2.24) is 20.1 Å². The summed E-state index contributed by atoms with van der Waals surface area (Å²) >= 11 is 7.56. The molecule has 0 bridgehead atoms. The van der Waals surface area contributed by atoms with Gasteiger partial charge in [-0.1, -0.05) is 59.8 Å². The number of nitrogens with one attached hydrogen (secondary N) is 1. The number of hydrogen-bond donors (Lipinski definition) is 1. The Hall–Kier alpha value is -2.51. The Morgan fingerprint density at radius 2 is 2.00 bits per heavy atom. The maximum atomic E-state index is 12.2. The summed E-state index contributed by atoms with van der Waals surface area (Å²) in [5.74, 6) is 1.58. The second-order valence-electron chi connectivity index (χ2n) is 6.74. The van der Waals surface area contributed by atoms with E-state index in [1.165, 1.54) is 17.3 Å². The van der Waals surface area contributed by atoms with Gasteiger partial charge in [0.2, 0.25) is 5.91 Å². The largest absolute Gasteiger partial charge is 0.484 e. The van der Waals surface area contributed by atoms with E-state index >= 15 is 0 Å². The third-order valence-electron chi connectivity index (χ3n) is 4.46. The van der Waals surface area contributed by atoms with E-state index in [1.807, 2.05) is 54.8 Å². The molecule has 1 N–H and O–H groups in total. The van der Waals surface area contributed by atoms with E-state index in [0.29, 0.717) is 34.8 Å². The van der Waals surface area contributed by atoms with Gasteiger partial charge in [0.25, 0.3) is 0 Å². The molecule has 1 heterocycles. The third kappa shape index (κ3) is 6.24. The Balaban J connectivity index is 1.50. The van der Waals surface area contributed by atoms with Crippen LogP contribution in [-0.4, -0.2) is 33.0 Å². The molecule has 0 aliphatic rings. The van der Waals surface area contributed by atoms with Crippen LogP contribution >= 0.6 is 23.4 Å². The molecule has 0 spiro atoms. The summed E-state index contributed by atoms with van der Waals surface area (Å²) in [5.41, 5.74) is 2.27. The molecule has 1 aromatic heterocycles.